The van der Waals surface area contributed by atoms with Gasteiger partial charge < -0.3 is 22.3 Å². The Bertz CT molecular complexity index is 1220. The number of ether oxygens (including phenoxy) is 1. The van der Waals surface area contributed by atoms with E-state index in [1.54, 1.807) is 26.0 Å². The van der Waals surface area contributed by atoms with E-state index in [4.69, 9.17) is 4.74 Å². The molecule has 0 saturated carbocycles. The van der Waals surface area contributed by atoms with E-state index < -0.39 is 12.8 Å². The standard InChI is InChI=1S/C24H28BF3N2O/c1-8-18-13(3)23-22(17-10-11-21(31-7)20(26)12-17)24-14(4)19(9-2)16(6)30(24)25(27,28)29(23)15(18)5/h10-12H,8-9H2,1-7H3. The lowest BCUT2D eigenvalue weighted by molar-refractivity contribution is -0.363. The first-order chi connectivity index (χ1) is 14.6. The Kier molecular flexibility index (Phi) is 4.99. The molecule has 0 spiro atoms. The monoisotopic (exact) mass is 428 g/mol. The number of methoxy groups -OCH3 is 1. The molecule has 31 heavy (non-hydrogen) atoms. The van der Waals surface area contributed by atoms with E-state index in [0.29, 0.717) is 46.8 Å². The average molecular weight is 428 g/mol. The average Bonchev–Trinajstić information content (AvgIpc) is 3.13. The van der Waals surface area contributed by atoms with Crippen molar-refractivity contribution >= 4 is 18.3 Å². The number of nitrogens with zero attached hydrogens (tertiary/aromatic N) is 2. The molecule has 0 amide bonds. The minimum Gasteiger partial charge on any atom is -0.494 e. The highest BCUT2D eigenvalue weighted by molar-refractivity contribution is 6.58. The predicted octanol–water partition coefficient (Wildman–Crippen LogP) is 6.02. The molecule has 1 aromatic carbocycles. The van der Waals surface area contributed by atoms with Crippen molar-refractivity contribution in [2.45, 2.75) is 54.4 Å². The van der Waals surface area contributed by atoms with E-state index in [0.717, 1.165) is 22.3 Å². The summed E-state index contributed by atoms with van der Waals surface area (Å²) in [6.07, 6.45) is 1.31. The van der Waals surface area contributed by atoms with Crippen molar-refractivity contribution < 1.29 is 22.2 Å². The zero-order chi connectivity index (χ0) is 22.8. The van der Waals surface area contributed by atoms with E-state index in [-0.39, 0.29) is 5.75 Å². The second-order valence-corrected chi connectivity index (χ2v) is 8.33. The van der Waals surface area contributed by atoms with Crippen LogP contribution in [-0.4, -0.2) is 28.8 Å². The molecule has 0 atom stereocenters. The van der Waals surface area contributed by atoms with Gasteiger partial charge in [-0.1, -0.05) is 19.9 Å². The van der Waals surface area contributed by atoms with Crippen molar-refractivity contribution in [1.82, 2.24) is 4.48 Å². The molecular weight excluding hydrogens is 400 g/mol. The molecule has 4 rings (SSSR count). The van der Waals surface area contributed by atoms with Crippen LogP contribution in [0.4, 0.5) is 13.0 Å². The van der Waals surface area contributed by atoms with E-state index in [1.165, 1.54) is 22.1 Å². The molecule has 0 aliphatic carbocycles. The molecule has 3 nitrogen and oxygen atoms in total. The molecule has 2 aliphatic rings. The molecule has 7 heteroatoms. The fraction of sp³-hybridized carbons (Fsp3) is 0.375. The van der Waals surface area contributed by atoms with Gasteiger partial charge in [0.15, 0.2) is 17.3 Å². The third-order valence-corrected chi connectivity index (χ3v) is 6.94. The third-order valence-electron chi connectivity index (χ3n) is 6.94. The maximum atomic E-state index is 16.1. The zero-order valence-corrected chi connectivity index (χ0v) is 19.2. The van der Waals surface area contributed by atoms with E-state index in [1.807, 2.05) is 27.7 Å². The first-order valence-corrected chi connectivity index (χ1v) is 10.8. The summed E-state index contributed by atoms with van der Waals surface area (Å²) in [5, 5.41) is 0. The van der Waals surface area contributed by atoms with Crippen molar-refractivity contribution in [3.05, 3.63) is 68.9 Å². The molecule has 0 fully saturated rings. The number of halogens is 3. The summed E-state index contributed by atoms with van der Waals surface area (Å²) in [5.41, 5.74) is 6.82. The van der Waals surface area contributed by atoms with Gasteiger partial charge in [-0.2, -0.15) is 0 Å². The van der Waals surface area contributed by atoms with Crippen LogP contribution in [0.3, 0.4) is 0 Å². The summed E-state index contributed by atoms with van der Waals surface area (Å²) < 4.78 is 54.5. The van der Waals surface area contributed by atoms with Crippen LogP contribution in [0.25, 0.3) is 5.57 Å². The second-order valence-electron chi connectivity index (χ2n) is 8.33. The third kappa shape index (κ3) is 2.71. The summed E-state index contributed by atoms with van der Waals surface area (Å²) in [6, 6.07) is 4.70. The van der Waals surface area contributed by atoms with Crippen molar-refractivity contribution in [2.75, 3.05) is 7.11 Å². The van der Waals surface area contributed by atoms with E-state index in [9.17, 15) is 4.39 Å². The van der Waals surface area contributed by atoms with Gasteiger partial charge >= 0.3 is 6.97 Å². The van der Waals surface area contributed by atoms with Crippen LogP contribution in [-0.2, 0) is 6.42 Å². The Morgan fingerprint density at radius 2 is 1.74 bits per heavy atom. The number of fused-ring (bicyclic) bond motifs is 2. The lowest BCUT2D eigenvalue weighted by atomic mass is 9.83. The molecule has 0 N–H and O–H groups in total. The maximum absolute atomic E-state index is 16.1. The smallest absolute Gasteiger partial charge is 0.494 e. The maximum Gasteiger partial charge on any atom is 0.737 e. The summed E-state index contributed by atoms with van der Waals surface area (Å²) in [7, 11) is 1.41. The van der Waals surface area contributed by atoms with Crippen LogP contribution in [0.1, 0.15) is 62.2 Å². The van der Waals surface area contributed by atoms with Crippen LogP contribution >= 0.6 is 0 Å². The Balaban J connectivity index is 2.20. The van der Waals surface area contributed by atoms with Crippen LogP contribution in [0.15, 0.2) is 35.0 Å². The lowest BCUT2D eigenvalue weighted by Gasteiger charge is -2.34. The van der Waals surface area contributed by atoms with Crippen LogP contribution in [0, 0.1) is 19.7 Å². The summed E-state index contributed by atoms with van der Waals surface area (Å²) >= 11 is 0. The van der Waals surface area contributed by atoms with Crippen molar-refractivity contribution in [1.29, 1.82) is 0 Å². The first kappa shape index (κ1) is 21.5. The van der Waals surface area contributed by atoms with Crippen molar-refractivity contribution in [2.24, 2.45) is 0 Å². The lowest BCUT2D eigenvalue weighted by Crippen LogP contribution is -2.51. The minimum atomic E-state index is -4.08. The number of allylic oxidation sites excluding steroid dienone is 2. The molecular formula is C24H28BF3N2O. The number of rotatable bonds is 4. The molecule has 2 aromatic rings. The van der Waals surface area contributed by atoms with Gasteiger partial charge in [0.1, 0.15) is 5.71 Å². The molecule has 0 bridgehead atoms. The van der Waals surface area contributed by atoms with Gasteiger partial charge in [0.2, 0.25) is 0 Å². The molecule has 0 radical (unpaired) electrons. The van der Waals surface area contributed by atoms with E-state index in [2.05, 4.69) is 0 Å². The highest BCUT2D eigenvalue weighted by atomic mass is 19.2. The van der Waals surface area contributed by atoms with Crippen molar-refractivity contribution in [3.8, 4) is 5.75 Å². The quantitative estimate of drug-likeness (QED) is 0.544. The van der Waals surface area contributed by atoms with Crippen molar-refractivity contribution in [3.63, 3.8) is 0 Å². The zero-order valence-electron chi connectivity index (χ0n) is 19.2. The topological polar surface area (TPSA) is 17.2 Å². The summed E-state index contributed by atoms with van der Waals surface area (Å²) in [4.78, 5) is 0. The largest absolute Gasteiger partial charge is 0.737 e. The number of hydrogen-bond donors (Lipinski definition) is 0. The van der Waals surface area contributed by atoms with Gasteiger partial charge in [-0.25, -0.2) is 4.39 Å². The van der Waals surface area contributed by atoms with Gasteiger partial charge in [0, 0.05) is 23.8 Å². The fourth-order valence-electron chi connectivity index (χ4n) is 5.57. The molecule has 3 heterocycles. The van der Waals surface area contributed by atoms with Gasteiger partial charge in [0.05, 0.1) is 12.7 Å². The summed E-state index contributed by atoms with van der Waals surface area (Å²) in [5.74, 6) is -0.383. The minimum absolute atomic E-state index is 0.129. The highest BCUT2D eigenvalue weighted by Crippen LogP contribution is 2.47. The Labute approximate surface area is 181 Å². The van der Waals surface area contributed by atoms with E-state index >= 15 is 8.63 Å². The van der Waals surface area contributed by atoms with Crippen LogP contribution in [0.5, 0.6) is 5.75 Å². The van der Waals surface area contributed by atoms with Gasteiger partial charge in [-0.3, -0.25) is 0 Å². The molecule has 0 saturated heterocycles. The van der Waals surface area contributed by atoms with Crippen LogP contribution < -0.4 is 4.74 Å². The highest BCUT2D eigenvalue weighted by Gasteiger charge is 2.56. The van der Waals surface area contributed by atoms with Gasteiger partial charge in [-0.15, -0.1) is 0 Å². The van der Waals surface area contributed by atoms with Gasteiger partial charge in [0.25, 0.3) is 0 Å². The summed E-state index contributed by atoms with van der Waals surface area (Å²) in [6.45, 7) is 7.18. The van der Waals surface area contributed by atoms with Gasteiger partial charge in [-0.05, 0) is 68.1 Å². The number of hydrogen-bond acceptors (Lipinski definition) is 1. The number of aromatic nitrogens is 1. The molecule has 0 unspecified atom stereocenters. The predicted molar refractivity (Wildman–Crippen MR) is 120 cm³/mol. The molecule has 1 aromatic heterocycles. The Morgan fingerprint density at radius 1 is 1.06 bits per heavy atom. The number of benzene rings is 1. The molecule has 2 aliphatic heterocycles. The first-order valence-electron chi connectivity index (χ1n) is 10.8. The molecule has 164 valence electrons. The van der Waals surface area contributed by atoms with Crippen LogP contribution in [0.2, 0.25) is 0 Å². The normalized spacial score (nSPS) is 17.5. The second kappa shape index (κ2) is 7.18. The fourth-order valence-corrected chi connectivity index (χ4v) is 5.57. The Morgan fingerprint density at radius 3 is 2.29 bits per heavy atom. The Hall–Kier alpha value is -2.70. The SMILES string of the molecule is CCC1=C(C)C2=C(c3ccc(OC)c(F)c3)c3c(C)c(CC)c(C)n3[B-](F)(F)[N+]2=C1C.